The molecule has 0 bridgehead atoms. The SMILES string of the molecule is Cc1ccc(-c2cc(-c3nc(C4(N)CCCC4)no3)on2)cc1.Cl. The quantitative estimate of drug-likeness (QED) is 0.774. The van der Waals surface area contributed by atoms with E-state index in [1.54, 1.807) is 6.07 Å². The first-order valence-electron chi connectivity index (χ1n) is 7.81. The van der Waals surface area contributed by atoms with Crippen LogP contribution in [0.3, 0.4) is 0 Å². The molecule has 0 atom stereocenters. The minimum Gasteiger partial charge on any atom is -0.350 e. The normalized spacial score (nSPS) is 16.1. The molecule has 4 rings (SSSR count). The second kappa shape index (κ2) is 6.37. The van der Waals surface area contributed by atoms with E-state index in [2.05, 4.69) is 15.3 Å². The lowest BCUT2D eigenvalue weighted by Gasteiger charge is -2.17. The lowest BCUT2D eigenvalue weighted by Crippen LogP contribution is -2.34. The molecule has 0 radical (unpaired) electrons. The summed E-state index contributed by atoms with van der Waals surface area (Å²) in [6.07, 6.45) is 3.97. The van der Waals surface area contributed by atoms with Gasteiger partial charge < -0.3 is 14.8 Å². The summed E-state index contributed by atoms with van der Waals surface area (Å²) in [5, 5.41) is 8.12. The number of hydrogen-bond donors (Lipinski definition) is 1. The van der Waals surface area contributed by atoms with Crippen LogP contribution in [0, 0.1) is 6.92 Å². The lowest BCUT2D eigenvalue weighted by atomic mass is 9.99. The topological polar surface area (TPSA) is 91.0 Å². The Morgan fingerprint density at radius 1 is 1.04 bits per heavy atom. The van der Waals surface area contributed by atoms with Crippen LogP contribution in [-0.2, 0) is 5.54 Å². The molecule has 24 heavy (non-hydrogen) atoms. The van der Waals surface area contributed by atoms with Crippen molar-refractivity contribution in [2.24, 2.45) is 5.73 Å². The van der Waals surface area contributed by atoms with Crippen LogP contribution >= 0.6 is 12.4 Å². The second-order valence-electron chi connectivity index (χ2n) is 6.23. The molecule has 0 amide bonds. The minimum absolute atomic E-state index is 0. The van der Waals surface area contributed by atoms with Gasteiger partial charge in [-0.25, -0.2) is 0 Å². The fourth-order valence-corrected chi connectivity index (χ4v) is 2.99. The highest BCUT2D eigenvalue weighted by Crippen LogP contribution is 2.35. The number of nitrogens with two attached hydrogens (primary N) is 1. The van der Waals surface area contributed by atoms with Crippen LogP contribution < -0.4 is 5.73 Å². The van der Waals surface area contributed by atoms with Gasteiger partial charge in [0.05, 0.1) is 5.54 Å². The molecular formula is C17H19ClN4O2. The smallest absolute Gasteiger partial charge is 0.296 e. The van der Waals surface area contributed by atoms with E-state index < -0.39 is 5.54 Å². The molecule has 2 N–H and O–H groups in total. The van der Waals surface area contributed by atoms with Crippen molar-refractivity contribution >= 4 is 12.4 Å². The van der Waals surface area contributed by atoms with Gasteiger partial charge in [0, 0.05) is 11.6 Å². The van der Waals surface area contributed by atoms with Crippen molar-refractivity contribution in [1.82, 2.24) is 15.3 Å². The van der Waals surface area contributed by atoms with Gasteiger partial charge >= 0.3 is 0 Å². The zero-order valence-electron chi connectivity index (χ0n) is 13.4. The molecule has 1 saturated carbocycles. The number of hydrogen-bond acceptors (Lipinski definition) is 6. The van der Waals surface area contributed by atoms with Gasteiger partial charge in [-0.3, -0.25) is 0 Å². The van der Waals surface area contributed by atoms with Crippen molar-refractivity contribution in [3.8, 4) is 22.9 Å². The molecule has 126 valence electrons. The van der Waals surface area contributed by atoms with Gasteiger partial charge in [0.25, 0.3) is 5.89 Å². The highest BCUT2D eigenvalue weighted by atomic mass is 35.5. The van der Waals surface area contributed by atoms with E-state index in [1.807, 2.05) is 31.2 Å². The van der Waals surface area contributed by atoms with Crippen molar-refractivity contribution in [2.75, 3.05) is 0 Å². The Morgan fingerprint density at radius 3 is 2.46 bits per heavy atom. The Morgan fingerprint density at radius 2 is 1.75 bits per heavy atom. The largest absolute Gasteiger partial charge is 0.350 e. The second-order valence-corrected chi connectivity index (χ2v) is 6.23. The number of aromatic nitrogens is 3. The Kier molecular flexibility index (Phi) is 4.43. The Labute approximate surface area is 145 Å². The van der Waals surface area contributed by atoms with E-state index >= 15 is 0 Å². The number of benzene rings is 1. The van der Waals surface area contributed by atoms with Crippen molar-refractivity contribution in [2.45, 2.75) is 38.1 Å². The molecule has 0 saturated heterocycles. The first-order chi connectivity index (χ1) is 11.1. The summed E-state index contributed by atoms with van der Waals surface area (Å²) in [5.74, 6) is 1.33. The Bertz CT molecular complexity index is 819. The maximum Gasteiger partial charge on any atom is 0.296 e. The zero-order valence-corrected chi connectivity index (χ0v) is 14.2. The number of rotatable bonds is 3. The van der Waals surface area contributed by atoms with E-state index in [9.17, 15) is 0 Å². The first kappa shape index (κ1) is 16.7. The molecule has 1 aliphatic rings. The molecule has 3 aromatic rings. The predicted molar refractivity (Wildman–Crippen MR) is 91.5 cm³/mol. The third kappa shape index (κ3) is 2.95. The standard InChI is InChI=1S/C17H18N4O2.ClH/c1-11-4-6-12(7-5-11)13-10-14(22-20-13)15-19-16(21-23-15)17(18)8-2-3-9-17;/h4-7,10H,2-3,8-9,18H2,1H3;1H. The highest BCUT2D eigenvalue weighted by molar-refractivity contribution is 5.85. The van der Waals surface area contributed by atoms with Crippen molar-refractivity contribution in [3.05, 3.63) is 41.7 Å². The summed E-state index contributed by atoms with van der Waals surface area (Å²) in [5.41, 5.74) is 8.80. The third-order valence-electron chi connectivity index (χ3n) is 4.44. The molecule has 2 aromatic heterocycles. The van der Waals surface area contributed by atoms with Crippen molar-refractivity contribution in [1.29, 1.82) is 0 Å². The average molecular weight is 347 g/mol. The van der Waals surface area contributed by atoms with Crippen LogP contribution in [0.25, 0.3) is 22.9 Å². The van der Waals surface area contributed by atoms with Gasteiger partial charge in [-0.05, 0) is 19.8 Å². The van der Waals surface area contributed by atoms with Gasteiger partial charge in [-0.2, -0.15) is 4.98 Å². The van der Waals surface area contributed by atoms with Crippen molar-refractivity contribution in [3.63, 3.8) is 0 Å². The summed E-state index contributed by atoms with van der Waals surface area (Å²) in [4.78, 5) is 4.42. The molecule has 6 nitrogen and oxygen atoms in total. The lowest BCUT2D eigenvalue weighted by molar-refractivity contribution is 0.360. The molecule has 1 aliphatic carbocycles. The molecule has 1 fully saturated rings. The van der Waals surface area contributed by atoms with Gasteiger partial charge in [0.2, 0.25) is 5.76 Å². The first-order valence-corrected chi connectivity index (χ1v) is 7.81. The Hall–Kier alpha value is -2.18. The molecule has 7 heteroatoms. The fraction of sp³-hybridized carbons (Fsp3) is 0.353. The molecule has 0 spiro atoms. The maximum atomic E-state index is 6.35. The predicted octanol–water partition coefficient (Wildman–Crippen LogP) is 3.85. The third-order valence-corrected chi connectivity index (χ3v) is 4.44. The van der Waals surface area contributed by atoms with Gasteiger partial charge in [-0.1, -0.05) is 53.0 Å². The average Bonchev–Trinajstić information content (AvgIpc) is 3.28. The zero-order chi connectivity index (χ0) is 15.9. The van der Waals surface area contributed by atoms with E-state index in [1.165, 1.54) is 5.56 Å². The van der Waals surface area contributed by atoms with Crippen LogP contribution in [0.2, 0.25) is 0 Å². The fourth-order valence-electron chi connectivity index (χ4n) is 2.99. The van der Waals surface area contributed by atoms with E-state index in [0.29, 0.717) is 17.5 Å². The number of aryl methyl sites for hydroxylation is 1. The molecule has 0 unspecified atom stereocenters. The van der Waals surface area contributed by atoms with Crippen molar-refractivity contribution < 1.29 is 9.05 Å². The number of nitrogens with zero attached hydrogens (tertiary/aromatic N) is 3. The van der Waals surface area contributed by atoms with Crippen LogP contribution in [0.15, 0.2) is 39.4 Å². The highest BCUT2D eigenvalue weighted by Gasteiger charge is 2.36. The molecule has 2 heterocycles. The monoisotopic (exact) mass is 346 g/mol. The van der Waals surface area contributed by atoms with Crippen LogP contribution in [0.4, 0.5) is 0 Å². The summed E-state index contributed by atoms with van der Waals surface area (Å²) in [7, 11) is 0. The van der Waals surface area contributed by atoms with Gasteiger partial charge in [-0.15, -0.1) is 12.4 Å². The maximum absolute atomic E-state index is 6.35. The number of halogens is 1. The van der Waals surface area contributed by atoms with Crippen LogP contribution in [0.5, 0.6) is 0 Å². The van der Waals surface area contributed by atoms with E-state index in [4.69, 9.17) is 14.8 Å². The summed E-state index contributed by atoms with van der Waals surface area (Å²) in [6.45, 7) is 2.05. The molecule has 0 aliphatic heterocycles. The van der Waals surface area contributed by atoms with E-state index in [-0.39, 0.29) is 12.4 Å². The van der Waals surface area contributed by atoms with Crippen LogP contribution in [0.1, 0.15) is 37.1 Å². The minimum atomic E-state index is -0.471. The van der Waals surface area contributed by atoms with Gasteiger partial charge in [0.15, 0.2) is 5.82 Å². The van der Waals surface area contributed by atoms with E-state index in [0.717, 1.165) is 36.9 Å². The molecule has 1 aromatic carbocycles. The summed E-state index contributed by atoms with van der Waals surface area (Å²) >= 11 is 0. The van der Waals surface area contributed by atoms with Crippen LogP contribution in [-0.4, -0.2) is 15.3 Å². The summed E-state index contributed by atoms with van der Waals surface area (Å²) in [6, 6.07) is 9.88. The van der Waals surface area contributed by atoms with Gasteiger partial charge in [0.1, 0.15) is 5.69 Å². The Balaban J connectivity index is 0.00000169. The molecular weight excluding hydrogens is 328 g/mol. The summed E-state index contributed by atoms with van der Waals surface area (Å²) < 4.78 is 10.7.